The number of hydrogen-bond donors (Lipinski definition) is 1. The van der Waals surface area contributed by atoms with Crippen LogP contribution in [0, 0.1) is 5.82 Å². The lowest BCUT2D eigenvalue weighted by Crippen LogP contribution is -2.14. The molecule has 6 heteroatoms. The zero-order valence-electron chi connectivity index (χ0n) is 11.4. The Hall–Kier alpha value is -2.21. The molecule has 1 aromatic heterocycles. The topological polar surface area (TPSA) is 55.4 Å². The summed E-state index contributed by atoms with van der Waals surface area (Å²) in [6.45, 7) is 0. The zero-order valence-corrected chi connectivity index (χ0v) is 12.2. The molecule has 0 radical (unpaired) electrons. The van der Waals surface area contributed by atoms with Gasteiger partial charge in [-0.3, -0.25) is 4.79 Å². The second-order valence-corrected chi connectivity index (χ2v) is 5.25. The Morgan fingerprint density at radius 2 is 1.95 bits per heavy atom. The van der Waals surface area contributed by atoms with Gasteiger partial charge >= 0.3 is 5.97 Å². The highest BCUT2D eigenvalue weighted by atomic mass is 32.1. The van der Waals surface area contributed by atoms with E-state index >= 15 is 0 Å². The molecule has 0 saturated heterocycles. The molecule has 2 rings (SSSR count). The summed E-state index contributed by atoms with van der Waals surface area (Å²) in [5.41, 5.74) is 1.33. The molecule has 0 atom stereocenters. The number of thiophene rings is 1. The van der Waals surface area contributed by atoms with Crippen molar-refractivity contribution < 1.29 is 18.7 Å². The van der Waals surface area contributed by atoms with Crippen LogP contribution < -0.4 is 5.32 Å². The molecule has 0 saturated carbocycles. The third-order valence-corrected chi connectivity index (χ3v) is 3.76. The first-order valence-electron chi connectivity index (χ1n) is 6.30. The SMILES string of the molecule is COC(=O)c1sccc1NC(=O)CCc1ccc(F)cc1. The highest BCUT2D eigenvalue weighted by Crippen LogP contribution is 2.23. The lowest BCUT2D eigenvalue weighted by Gasteiger charge is -2.05. The summed E-state index contributed by atoms with van der Waals surface area (Å²) < 4.78 is 17.4. The van der Waals surface area contributed by atoms with Crippen LogP contribution >= 0.6 is 11.3 Å². The number of hydrogen-bond acceptors (Lipinski definition) is 4. The van der Waals surface area contributed by atoms with Crippen LogP contribution in [0.4, 0.5) is 10.1 Å². The largest absolute Gasteiger partial charge is 0.465 e. The molecule has 2 aromatic rings. The minimum atomic E-state index is -0.473. The first kappa shape index (κ1) is 15.2. The molecule has 110 valence electrons. The Kier molecular flexibility index (Phi) is 5.05. The van der Waals surface area contributed by atoms with Gasteiger partial charge in [0.05, 0.1) is 12.8 Å². The van der Waals surface area contributed by atoms with Crippen LogP contribution in [-0.4, -0.2) is 19.0 Å². The number of rotatable bonds is 5. The van der Waals surface area contributed by atoms with Crippen molar-refractivity contribution in [2.24, 2.45) is 0 Å². The summed E-state index contributed by atoms with van der Waals surface area (Å²) in [4.78, 5) is 23.7. The molecule has 4 nitrogen and oxygen atoms in total. The summed E-state index contributed by atoms with van der Waals surface area (Å²) in [5, 5.41) is 4.39. The van der Waals surface area contributed by atoms with E-state index in [0.717, 1.165) is 5.56 Å². The highest BCUT2D eigenvalue weighted by molar-refractivity contribution is 7.12. The number of aryl methyl sites for hydroxylation is 1. The fraction of sp³-hybridized carbons (Fsp3) is 0.200. The fourth-order valence-electron chi connectivity index (χ4n) is 1.78. The number of ether oxygens (including phenoxy) is 1. The Morgan fingerprint density at radius 1 is 1.24 bits per heavy atom. The molecule has 0 aliphatic rings. The number of carbonyl (C=O) groups is 2. The molecule has 0 spiro atoms. The van der Waals surface area contributed by atoms with Gasteiger partial charge in [0.25, 0.3) is 0 Å². The van der Waals surface area contributed by atoms with Crippen LogP contribution in [0.2, 0.25) is 0 Å². The normalized spacial score (nSPS) is 10.2. The third-order valence-electron chi connectivity index (χ3n) is 2.86. The maximum absolute atomic E-state index is 12.8. The van der Waals surface area contributed by atoms with Crippen molar-refractivity contribution in [2.45, 2.75) is 12.8 Å². The van der Waals surface area contributed by atoms with Crippen LogP contribution in [0.5, 0.6) is 0 Å². The maximum atomic E-state index is 12.8. The molecule has 0 fully saturated rings. The van der Waals surface area contributed by atoms with E-state index in [1.54, 1.807) is 23.6 Å². The Morgan fingerprint density at radius 3 is 2.62 bits per heavy atom. The van der Waals surface area contributed by atoms with E-state index in [0.29, 0.717) is 17.0 Å². The average Bonchev–Trinajstić information content (AvgIpc) is 2.94. The highest BCUT2D eigenvalue weighted by Gasteiger charge is 2.15. The molecule has 1 N–H and O–H groups in total. The van der Waals surface area contributed by atoms with Gasteiger partial charge < -0.3 is 10.1 Å². The van der Waals surface area contributed by atoms with Gasteiger partial charge in [0.1, 0.15) is 10.7 Å². The van der Waals surface area contributed by atoms with Crippen LogP contribution in [0.15, 0.2) is 35.7 Å². The van der Waals surface area contributed by atoms with Crippen LogP contribution in [0.25, 0.3) is 0 Å². The first-order chi connectivity index (χ1) is 10.1. The van der Waals surface area contributed by atoms with E-state index in [1.807, 2.05) is 0 Å². The van der Waals surface area contributed by atoms with Gasteiger partial charge in [-0.2, -0.15) is 0 Å². The summed E-state index contributed by atoms with van der Waals surface area (Å²) in [5.74, 6) is -0.981. The lowest BCUT2D eigenvalue weighted by molar-refractivity contribution is -0.116. The summed E-state index contributed by atoms with van der Waals surface area (Å²) >= 11 is 1.21. The predicted octanol–water partition coefficient (Wildman–Crippen LogP) is 3.25. The molecule has 1 heterocycles. The van der Waals surface area contributed by atoms with Crippen molar-refractivity contribution in [2.75, 3.05) is 12.4 Å². The van der Waals surface area contributed by atoms with Crippen molar-refractivity contribution >= 4 is 28.9 Å². The van der Waals surface area contributed by atoms with Gasteiger partial charge in [0.15, 0.2) is 0 Å². The van der Waals surface area contributed by atoms with Crippen molar-refractivity contribution in [3.63, 3.8) is 0 Å². The van der Waals surface area contributed by atoms with E-state index < -0.39 is 5.97 Å². The van der Waals surface area contributed by atoms with Gasteiger partial charge in [-0.25, -0.2) is 9.18 Å². The van der Waals surface area contributed by atoms with E-state index in [4.69, 9.17) is 0 Å². The second-order valence-electron chi connectivity index (χ2n) is 4.33. The summed E-state index contributed by atoms with van der Waals surface area (Å²) in [7, 11) is 1.29. The van der Waals surface area contributed by atoms with Crippen molar-refractivity contribution in [1.29, 1.82) is 0 Å². The summed E-state index contributed by atoms with van der Waals surface area (Å²) in [6, 6.07) is 7.68. The van der Waals surface area contributed by atoms with Crippen molar-refractivity contribution in [3.05, 3.63) is 52.0 Å². The van der Waals surface area contributed by atoms with E-state index in [9.17, 15) is 14.0 Å². The van der Waals surface area contributed by atoms with Gasteiger partial charge in [0.2, 0.25) is 5.91 Å². The minimum Gasteiger partial charge on any atom is -0.465 e. The number of nitrogens with one attached hydrogen (secondary N) is 1. The van der Waals surface area contributed by atoms with Gasteiger partial charge in [-0.1, -0.05) is 12.1 Å². The fourth-order valence-corrected chi connectivity index (χ4v) is 2.55. The van der Waals surface area contributed by atoms with Crippen LogP contribution in [0.1, 0.15) is 21.7 Å². The number of halogens is 1. The molecule has 21 heavy (non-hydrogen) atoms. The van der Waals surface area contributed by atoms with E-state index in [2.05, 4.69) is 10.1 Å². The van der Waals surface area contributed by atoms with E-state index in [-0.39, 0.29) is 18.1 Å². The average molecular weight is 307 g/mol. The molecule has 1 aromatic carbocycles. The predicted molar refractivity (Wildman–Crippen MR) is 79.0 cm³/mol. The number of anilines is 1. The van der Waals surface area contributed by atoms with Crippen molar-refractivity contribution in [1.82, 2.24) is 0 Å². The minimum absolute atomic E-state index is 0.206. The van der Waals surface area contributed by atoms with Crippen molar-refractivity contribution in [3.8, 4) is 0 Å². The van der Waals surface area contributed by atoms with Gasteiger partial charge in [-0.05, 0) is 35.6 Å². The zero-order chi connectivity index (χ0) is 15.2. The molecule has 0 unspecified atom stereocenters. The summed E-state index contributed by atoms with van der Waals surface area (Å²) in [6.07, 6.45) is 0.756. The first-order valence-corrected chi connectivity index (χ1v) is 7.18. The number of esters is 1. The monoisotopic (exact) mass is 307 g/mol. The molecule has 1 amide bonds. The van der Waals surface area contributed by atoms with Gasteiger partial charge in [-0.15, -0.1) is 11.3 Å². The molecule has 0 aliphatic heterocycles. The van der Waals surface area contributed by atoms with E-state index in [1.165, 1.54) is 30.6 Å². The smallest absolute Gasteiger partial charge is 0.350 e. The number of methoxy groups -OCH3 is 1. The van der Waals surface area contributed by atoms with Crippen LogP contribution in [0.3, 0.4) is 0 Å². The van der Waals surface area contributed by atoms with Crippen LogP contribution in [-0.2, 0) is 16.0 Å². The number of benzene rings is 1. The molecular weight excluding hydrogens is 293 g/mol. The number of amides is 1. The second kappa shape index (κ2) is 6.99. The Balaban J connectivity index is 1.92. The maximum Gasteiger partial charge on any atom is 0.350 e. The molecule has 0 bridgehead atoms. The number of carbonyl (C=O) groups excluding carboxylic acids is 2. The molecular formula is C15H14FNO3S. The Bertz CT molecular complexity index is 637. The molecule has 0 aliphatic carbocycles. The Labute approximate surface area is 125 Å². The lowest BCUT2D eigenvalue weighted by atomic mass is 10.1. The quantitative estimate of drug-likeness (QED) is 0.863. The van der Waals surface area contributed by atoms with Gasteiger partial charge in [0, 0.05) is 6.42 Å². The third kappa shape index (κ3) is 4.13. The standard InChI is InChI=1S/C15H14FNO3S/c1-20-15(19)14-12(8-9-21-14)17-13(18)7-4-10-2-5-11(16)6-3-10/h2-3,5-6,8-9H,4,7H2,1H3,(H,17,18).